The monoisotopic (exact) mass is 278 g/mol. The molecular formula is C13H18N4OS. The van der Waals surface area contributed by atoms with Crippen molar-refractivity contribution in [3.63, 3.8) is 0 Å². The number of H-pyrrole nitrogens is 2. The van der Waals surface area contributed by atoms with Crippen molar-refractivity contribution in [3.05, 3.63) is 28.8 Å². The number of hydrogen-bond donors (Lipinski definition) is 2. The molecule has 0 aliphatic carbocycles. The van der Waals surface area contributed by atoms with Crippen molar-refractivity contribution in [1.29, 1.82) is 0 Å². The first kappa shape index (κ1) is 13.9. The second kappa shape index (κ2) is 6.06. The van der Waals surface area contributed by atoms with Crippen LogP contribution in [0.3, 0.4) is 0 Å². The standard InChI is InChI=1S/C13H18N4OS/c1-4-5-12-15-13(17-16-12)19-7-11(18)10-6-8(2)14-9(10)3/h6,14H,4-5,7H2,1-3H3,(H,15,16,17). The van der Waals surface area contributed by atoms with Gasteiger partial charge in [-0.3, -0.25) is 9.89 Å². The number of aryl methyl sites for hydroxylation is 3. The topological polar surface area (TPSA) is 74.4 Å². The van der Waals surface area contributed by atoms with Gasteiger partial charge in [0.05, 0.1) is 5.75 Å². The lowest BCUT2D eigenvalue weighted by Gasteiger charge is -1.97. The highest BCUT2D eigenvalue weighted by molar-refractivity contribution is 7.99. The van der Waals surface area contributed by atoms with Crippen molar-refractivity contribution in [3.8, 4) is 0 Å². The zero-order valence-electron chi connectivity index (χ0n) is 11.4. The van der Waals surface area contributed by atoms with E-state index in [0.717, 1.165) is 35.6 Å². The molecule has 6 heteroatoms. The van der Waals surface area contributed by atoms with Crippen molar-refractivity contribution in [1.82, 2.24) is 20.2 Å². The molecule has 0 saturated carbocycles. The van der Waals surface area contributed by atoms with Crippen molar-refractivity contribution in [2.75, 3.05) is 5.75 Å². The van der Waals surface area contributed by atoms with E-state index in [9.17, 15) is 4.79 Å². The minimum absolute atomic E-state index is 0.105. The number of hydrogen-bond acceptors (Lipinski definition) is 4. The Morgan fingerprint density at radius 1 is 1.42 bits per heavy atom. The van der Waals surface area contributed by atoms with Crippen LogP contribution in [0.25, 0.3) is 0 Å². The number of aromatic nitrogens is 4. The van der Waals surface area contributed by atoms with Crippen LogP contribution in [-0.4, -0.2) is 31.7 Å². The highest BCUT2D eigenvalue weighted by atomic mass is 32.2. The molecule has 0 aliphatic rings. The van der Waals surface area contributed by atoms with E-state index < -0.39 is 0 Å². The maximum Gasteiger partial charge on any atom is 0.208 e. The normalized spacial score (nSPS) is 10.9. The molecule has 0 spiro atoms. The summed E-state index contributed by atoms with van der Waals surface area (Å²) in [5, 5.41) is 7.62. The lowest BCUT2D eigenvalue weighted by atomic mass is 10.2. The Bertz CT molecular complexity index is 573. The van der Waals surface area contributed by atoms with Crippen LogP contribution >= 0.6 is 11.8 Å². The highest BCUT2D eigenvalue weighted by Gasteiger charge is 2.13. The Hall–Kier alpha value is -1.56. The van der Waals surface area contributed by atoms with Gasteiger partial charge in [0.1, 0.15) is 5.82 Å². The van der Waals surface area contributed by atoms with Crippen LogP contribution in [0, 0.1) is 13.8 Å². The molecule has 0 aromatic carbocycles. The number of nitrogens with zero attached hydrogens (tertiary/aromatic N) is 2. The van der Waals surface area contributed by atoms with Crippen molar-refractivity contribution < 1.29 is 4.79 Å². The molecule has 2 N–H and O–H groups in total. The first-order valence-corrected chi connectivity index (χ1v) is 7.32. The summed E-state index contributed by atoms with van der Waals surface area (Å²) in [6.45, 7) is 5.95. The maximum absolute atomic E-state index is 12.1. The first-order chi connectivity index (χ1) is 9.10. The fourth-order valence-corrected chi connectivity index (χ4v) is 2.61. The molecule has 0 saturated heterocycles. The minimum atomic E-state index is 0.105. The molecule has 2 heterocycles. The Balaban J connectivity index is 1.94. The molecule has 0 fully saturated rings. The van der Waals surface area contributed by atoms with Gasteiger partial charge in [-0.25, -0.2) is 4.98 Å². The molecule has 2 aromatic heterocycles. The van der Waals surface area contributed by atoms with Crippen LogP contribution in [0.5, 0.6) is 0 Å². The predicted octanol–water partition coefficient (Wildman–Crippen LogP) is 2.68. The third kappa shape index (κ3) is 3.47. The molecule has 5 nitrogen and oxygen atoms in total. The predicted molar refractivity (Wildman–Crippen MR) is 75.7 cm³/mol. The van der Waals surface area contributed by atoms with Crippen LogP contribution in [0.4, 0.5) is 0 Å². The second-order valence-electron chi connectivity index (χ2n) is 4.52. The molecule has 0 unspecified atom stereocenters. The number of nitrogens with one attached hydrogen (secondary N) is 2. The zero-order valence-corrected chi connectivity index (χ0v) is 12.2. The average molecular weight is 278 g/mol. The fourth-order valence-electron chi connectivity index (χ4n) is 1.91. The molecule has 0 amide bonds. The lowest BCUT2D eigenvalue weighted by molar-refractivity contribution is 0.102. The fraction of sp³-hybridized carbons (Fsp3) is 0.462. The van der Waals surface area contributed by atoms with Gasteiger partial charge < -0.3 is 4.98 Å². The van der Waals surface area contributed by atoms with Crippen LogP contribution in [0.2, 0.25) is 0 Å². The van der Waals surface area contributed by atoms with Crippen LogP contribution in [0.1, 0.15) is 40.9 Å². The van der Waals surface area contributed by atoms with E-state index in [1.165, 1.54) is 11.8 Å². The molecule has 0 aliphatic heterocycles. The minimum Gasteiger partial charge on any atom is -0.362 e. The summed E-state index contributed by atoms with van der Waals surface area (Å²) in [6.07, 6.45) is 1.91. The van der Waals surface area contributed by atoms with Gasteiger partial charge in [-0.2, -0.15) is 0 Å². The average Bonchev–Trinajstić information content (AvgIpc) is 2.93. The van der Waals surface area contributed by atoms with Gasteiger partial charge in [0.2, 0.25) is 5.16 Å². The molecule has 0 radical (unpaired) electrons. The summed E-state index contributed by atoms with van der Waals surface area (Å²) in [4.78, 5) is 19.5. The molecular weight excluding hydrogens is 260 g/mol. The van der Waals surface area contributed by atoms with Crippen LogP contribution < -0.4 is 0 Å². The Morgan fingerprint density at radius 2 is 2.21 bits per heavy atom. The zero-order chi connectivity index (χ0) is 13.8. The third-order valence-corrected chi connectivity index (χ3v) is 3.63. The van der Waals surface area contributed by atoms with Crippen LogP contribution in [0.15, 0.2) is 11.2 Å². The van der Waals surface area contributed by atoms with E-state index in [4.69, 9.17) is 0 Å². The molecule has 2 aromatic rings. The van der Waals surface area contributed by atoms with Gasteiger partial charge in [0, 0.05) is 23.4 Å². The number of Topliss-reactive ketones (excluding diaryl/α,β-unsaturated/α-hetero) is 1. The lowest BCUT2D eigenvalue weighted by Crippen LogP contribution is -2.03. The smallest absolute Gasteiger partial charge is 0.208 e. The number of ketones is 1. The molecule has 0 atom stereocenters. The SMILES string of the molecule is CCCc1nc(SCC(=O)c2cc(C)[nH]c2C)n[nH]1. The quantitative estimate of drug-likeness (QED) is 0.629. The van der Waals surface area contributed by atoms with Gasteiger partial charge in [-0.1, -0.05) is 18.7 Å². The number of rotatable bonds is 6. The van der Waals surface area contributed by atoms with E-state index in [0.29, 0.717) is 10.9 Å². The Morgan fingerprint density at radius 3 is 2.84 bits per heavy atom. The number of aromatic amines is 2. The maximum atomic E-state index is 12.1. The number of thioether (sulfide) groups is 1. The molecule has 19 heavy (non-hydrogen) atoms. The van der Waals surface area contributed by atoms with Crippen molar-refractivity contribution in [2.24, 2.45) is 0 Å². The van der Waals surface area contributed by atoms with Gasteiger partial charge >= 0.3 is 0 Å². The Kier molecular flexibility index (Phi) is 4.42. The van der Waals surface area contributed by atoms with Crippen LogP contribution in [-0.2, 0) is 6.42 Å². The first-order valence-electron chi connectivity index (χ1n) is 6.33. The number of carbonyl (C=O) groups excluding carboxylic acids is 1. The summed E-state index contributed by atoms with van der Waals surface area (Å²) in [5.74, 6) is 1.35. The van der Waals surface area contributed by atoms with E-state index in [1.54, 1.807) is 0 Å². The van der Waals surface area contributed by atoms with Gasteiger partial charge in [-0.05, 0) is 26.3 Å². The van der Waals surface area contributed by atoms with Gasteiger partial charge in [0.15, 0.2) is 5.78 Å². The van der Waals surface area contributed by atoms with Gasteiger partial charge in [-0.15, -0.1) is 5.10 Å². The van der Waals surface area contributed by atoms with E-state index in [1.807, 2.05) is 19.9 Å². The molecule has 2 rings (SSSR count). The number of carbonyl (C=O) groups is 1. The third-order valence-electron chi connectivity index (χ3n) is 2.78. The second-order valence-corrected chi connectivity index (χ2v) is 5.46. The summed E-state index contributed by atoms with van der Waals surface area (Å²) >= 11 is 1.37. The summed E-state index contributed by atoms with van der Waals surface area (Å²) in [5.41, 5.74) is 2.69. The molecule has 102 valence electrons. The van der Waals surface area contributed by atoms with E-state index in [2.05, 4.69) is 27.1 Å². The largest absolute Gasteiger partial charge is 0.362 e. The summed E-state index contributed by atoms with van der Waals surface area (Å²) < 4.78 is 0. The van der Waals surface area contributed by atoms with Gasteiger partial charge in [0.25, 0.3) is 0 Å². The summed E-state index contributed by atoms with van der Waals surface area (Å²) in [6, 6.07) is 1.89. The van der Waals surface area contributed by atoms with Crippen molar-refractivity contribution in [2.45, 2.75) is 38.8 Å². The summed E-state index contributed by atoms with van der Waals surface area (Å²) in [7, 11) is 0. The molecule has 0 bridgehead atoms. The van der Waals surface area contributed by atoms with Crippen molar-refractivity contribution >= 4 is 17.5 Å². The van der Waals surface area contributed by atoms with E-state index in [-0.39, 0.29) is 5.78 Å². The van der Waals surface area contributed by atoms with E-state index >= 15 is 0 Å². The highest BCUT2D eigenvalue weighted by Crippen LogP contribution is 2.17. The Labute approximate surface area is 116 Å².